The molecule has 1 saturated heterocycles. The number of likely N-dealkylation sites (tertiary alicyclic amines) is 1. The highest BCUT2D eigenvalue weighted by Crippen LogP contribution is 2.18. The van der Waals surface area contributed by atoms with E-state index >= 15 is 0 Å². The lowest BCUT2D eigenvalue weighted by Gasteiger charge is -2.36. The molecule has 0 aliphatic carbocycles. The van der Waals surface area contributed by atoms with Gasteiger partial charge in [0.2, 0.25) is 0 Å². The summed E-state index contributed by atoms with van der Waals surface area (Å²) < 4.78 is 0. The molecule has 0 atom stereocenters. The molecule has 5 heteroatoms. The minimum atomic E-state index is -0.841. The van der Waals surface area contributed by atoms with Crippen molar-refractivity contribution < 1.29 is 14.7 Å². The second kappa shape index (κ2) is 3.92. The molecule has 1 amide bonds. The Bertz CT molecular complexity index is 439. The zero-order valence-electron chi connectivity index (χ0n) is 8.88. The van der Waals surface area contributed by atoms with Crippen LogP contribution in [0.25, 0.3) is 0 Å². The molecule has 1 N–H and O–H groups in total. The lowest BCUT2D eigenvalue weighted by Crippen LogP contribution is -2.53. The van der Waals surface area contributed by atoms with E-state index in [0.29, 0.717) is 18.7 Å². The normalized spacial score (nSPS) is 15.7. The van der Waals surface area contributed by atoms with Gasteiger partial charge in [0.1, 0.15) is 0 Å². The Morgan fingerprint density at radius 2 is 2.12 bits per heavy atom. The first-order valence-electron chi connectivity index (χ1n) is 5.01. The van der Waals surface area contributed by atoms with E-state index in [1.54, 1.807) is 12.3 Å². The van der Waals surface area contributed by atoms with Crippen LogP contribution in [0, 0.1) is 12.8 Å². The van der Waals surface area contributed by atoms with Crippen molar-refractivity contribution >= 4 is 11.9 Å². The van der Waals surface area contributed by atoms with Gasteiger partial charge in [-0.3, -0.25) is 14.6 Å². The summed E-state index contributed by atoms with van der Waals surface area (Å²) in [4.78, 5) is 27.9. The van der Waals surface area contributed by atoms with Crippen LogP contribution in [0.4, 0.5) is 0 Å². The third-order valence-corrected chi connectivity index (χ3v) is 2.64. The van der Waals surface area contributed by atoms with Crippen LogP contribution in [0.2, 0.25) is 0 Å². The maximum atomic E-state index is 11.8. The molecule has 0 aromatic carbocycles. The van der Waals surface area contributed by atoms with Crippen LogP contribution in [0.15, 0.2) is 18.5 Å². The fourth-order valence-corrected chi connectivity index (χ4v) is 1.66. The predicted octanol–water partition coefficient (Wildman–Crippen LogP) is 0.547. The lowest BCUT2D eigenvalue weighted by molar-refractivity contribution is -0.146. The fourth-order valence-electron chi connectivity index (χ4n) is 1.66. The van der Waals surface area contributed by atoms with Gasteiger partial charge in [-0.15, -0.1) is 0 Å². The van der Waals surface area contributed by atoms with Gasteiger partial charge in [-0.05, 0) is 18.6 Å². The summed E-state index contributed by atoms with van der Waals surface area (Å²) in [6.07, 6.45) is 3.18. The smallest absolute Gasteiger partial charge is 0.310 e. The van der Waals surface area contributed by atoms with Crippen LogP contribution in [0.1, 0.15) is 15.9 Å². The van der Waals surface area contributed by atoms with Crippen molar-refractivity contribution in [3.8, 4) is 0 Å². The van der Waals surface area contributed by atoms with Gasteiger partial charge in [0, 0.05) is 25.5 Å². The molecule has 84 valence electrons. The van der Waals surface area contributed by atoms with E-state index in [1.807, 2.05) is 6.92 Å². The van der Waals surface area contributed by atoms with E-state index < -0.39 is 11.9 Å². The maximum Gasteiger partial charge on any atom is 0.310 e. The van der Waals surface area contributed by atoms with Gasteiger partial charge in [-0.2, -0.15) is 0 Å². The number of amides is 1. The molecule has 5 nitrogen and oxygen atoms in total. The van der Waals surface area contributed by atoms with E-state index in [-0.39, 0.29) is 5.91 Å². The van der Waals surface area contributed by atoms with Gasteiger partial charge >= 0.3 is 5.97 Å². The summed E-state index contributed by atoms with van der Waals surface area (Å²) in [6.45, 7) is 2.45. The van der Waals surface area contributed by atoms with Crippen molar-refractivity contribution in [2.75, 3.05) is 13.1 Å². The molecule has 1 aliphatic rings. The molecule has 1 aromatic heterocycles. The lowest BCUT2D eigenvalue weighted by atomic mass is 9.99. The van der Waals surface area contributed by atoms with Gasteiger partial charge in [0.25, 0.3) is 5.91 Å². The number of carboxylic acids is 1. The first-order chi connectivity index (χ1) is 7.58. The van der Waals surface area contributed by atoms with Crippen LogP contribution in [0.5, 0.6) is 0 Å². The molecule has 1 aromatic rings. The molecule has 2 rings (SSSR count). The van der Waals surface area contributed by atoms with Crippen LogP contribution in [-0.4, -0.2) is 40.0 Å². The summed E-state index contributed by atoms with van der Waals surface area (Å²) in [7, 11) is 0. The second-order valence-electron chi connectivity index (χ2n) is 4.00. The third kappa shape index (κ3) is 1.88. The number of carboxylic acid groups (broad SMARTS) is 1. The number of aryl methyl sites for hydroxylation is 1. The molecule has 0 unspecified atom stereocenters. The van der Waals surface area contributed by atoms with E-state index in [4.69, 9.17) is 5.11 Å². The first-order valence-corrected chi connectivity index (χ1v) is 5.01. The van der Waals surface area contributed by atoms with Gasteiger partial charge in [-0.25, -0.2) is 0 Å². The Hall–Kier alpha value is -1.91. The average molecular weight is 220 g/mol. The highest BCUT2D eigenvalue weighted by Gasteiger charge is 2.35. The molecule has 1 aliphatic heterocycles. The number of aromatic nitrogens is 1. The van der Waals surface area contributed by atoms with Gasteiger partial charge in [0.15, 0.2) is 0 Å². The number of rotatable bonds is 2. The number of hydrogen-bond acceptors (Lipinski definition) is 3. The Labute approximate surface area is 92.7 Å². The molecule has 0 radical (unpaired) electrons. The number of pyridine rings is 1. The fraction of sp³-hybridized carbons (Fsp3) is 0.364. The Kier molecular flexibility index (Phi) is 2.60. The van der Waals surface area contributed by atoms with Crippen molar-refractivity contribution in [2.24, 2.45) is 5.92 Å². The highest BCUT2D eigenvalue weighted by molar-refractivity contribution is 5.95. The molecule has 2 heterocycles. The summed E-state index contributed by atoms with van der Waals surface area (Å²) in [6, 6.07) is 1.75. The van der Waals surface area contributed by atoms with Gasteiger partial charge in [0.05, 0.1) is 11.5 Å². The highest BCUT2D eigenvalue weighted by atomic mass is 16.4. The van der Waals surface area contributed by atoms with E-state index in [1.165, 1.54) is 11.1 Å². The number of carbonyl (C=O) groups excluding carboxylic acids is 1. The molecular formula is C11H12N2O3. The average Bonchev–Trinajstić information content (AvgIpc) is 2.14. The second-order valence-corrected chi connectivity index (χ2v) is 4.00. The van der Waals surface area contributed by atoms with E-state index in [9.17, 15) is 9.59 Å². The largest absolute Gasteiger partial charge is 0.481 e. The van der Waals surface area contributed by atoms with Crippen molar-refractivity contribution in [1.82, 2.24) is 9.88 Å². The van der Waals surface area contributed by atoms with Crippen molar-refractivity contribution in [1.29, 1.82) is 0 Å². The van der Waals surface area contributed by atoms with Crippen LogP contribution in [-0.2, 0) is 4.79 Å². The number of hydrogen-bond donors (Lipinski definition) is 1. The monoisotopic (exact) mass is 220 g/mol. The standard InChI is InChI=1S/C11H12N2O3/c1-7-2-8(4-12-3-7)10(14)13-5-9(6-13)11(15)16/h2-4,9H,5-6H2,1H3,(H,15,16). The van der Waals surface area contributed by atoms with E-state index in [0.717, 1.165) is 5.56 Å². The Morgan fingerprint density at radius 3 is 2.69 bits per heavy atom. The van der Waals surface area contributed by atoms with E-state index in [2.05, 4.69) is 4.98 Å². The molecule has 16 heavy (non-hydrogen) atoms. The third-order valence-electron chi connectivity index (χ3n) is 2.64. The minimum absolute atomic E-state index is 0.145. The summed E-state index contributed by atoms with van der Waals surface area (Å²) in [5.74, 6) is -1.40. The minimum Gasteiger partial charge on any atom is -0.481 e. The zero-order valence-corrected chi connectivity index (χ0v) is 8.88. The van der Waals surface area contributed by atoms with Crippen LogP contribution < -0.4 is 0 Å². The molecule has 0 spiro atoms. The number of aliphatic carboxylic acids is 1. The number of nitrogens with zero attached hydrogens (tertiary/aromatic N) is 2. The summed E-state index contributed by atoms with van der Waals surface area (Å²) in [5, 5.41) is 8.70. The first kappa shape index (κ1) is 10.6. The maximum absolute atomic E-state index is 11.8. The van der Waals surface area contributed by atoms with Crippen LogP contribution >= 0.6 is 0 Å². The summed E-state index contributed by atoms with van der Waals surface area (Å²) in [5.41, 5.74) is 1.44. The van der Waals surface area contributed by atoms with Crippen molar-refractivity contribution in [3.63, 3.8) is 0 Å². The molecule has 0 saturated carbocycles. The van der Waals surface area contributed by atoms with Gasteiger partial charge < -0.3 is 10.0 Å². The summed E-state index contributed by atoms with van der Waals surface area (Å²) >= 11 is 0. The number of carbonyl (C=O) groups is 2. The SMILES string of the molecule is Cc1cncc(C(=O)N2CC(C(=O)O)C2)c1. The Balaban J connectivity index is 2.03. The molecule has 1 fully saturated rings. The van der Waals surface area contributed by atoms with Crippen molar-refractivity contribution in [2.45, 2.75) is 6.92 Å². The quantitative estimate of drug-likeness (QED) is 0.790. The Morgan fingerprint density at radius 1 is 1.44 bits per heavy atom. The van der Waals surface area contributed by atoms with Crippen molar-refractivity contribution in [3.05, 3.63) is 29.6 Å². The van der Waals surface area contributed by atoms with Crippen LogP contribution in [0.3, 0.4) is 0 Å². The molecule has 0 bridgehead atoms. The topological polar surface area (TPSA) is 70.5 Å². The molecular weight excluding hydrogens is 208 g/mol. The predicted molar refractivity (Wildman–Crippen MR) is 56.0 cm³/mol. The zero-order chi connectivity index (χ0) is 11.7. The van der Waals surface area contributed by atoms with Gasteiger partial charge in [-0.1, -0.05) is 0 Å².